The van der Waals surface area contributed by atoms with E-state index in [0.717, 1.165) is 25.7 Å². The standard InChI is InChI=1S/C18H24N2O6S/c1-24-16-7-6-14(27(22,23)20-8-4-2-3-5-9-20)12-15(16)19-18(21)17-13-25-10-11-26-17/h6-7,12-13H,2-5,8-11H2,1H3,(H,19,21). The van der Waals surface area contributed by atoms with Gasteiger partial charge in [0.2, 0.25) is 15.8 Å². The minimum atomic E-state index is -3.64. The van der Waals surface area contributed by atoms with Crippen LogP contribution in [0.15, 0.2) is 35.1 Å². The van der Waals surface area contributed by atoms with Crippen LogP contribution in [-0.2, 0) is 24.3 Å². The third kappa shape index (κ3) is 4.54. The third-order valence-corrected chi connectivity index (χ3v) is 6.39. The summed E-state index contributed by atoms with van der Waals surface area (Å²) in [6.07, 6.45) is 5.01. The lowest BCUT2D eigenvalue weighted by Gasteiger charge is -2.21. The molecule has 2 heterocycles. The van der Waals surface area contributed by atoms with Crippen molar-refractivity contribution < 1.29 is 27.4 Å². The first-order chi connectivity index (χ1) is 13.0. The van der Waals surface area contributed by atoms with E-state index in [1.807, 2.05) is 0 Å². The number of sulfonamides is 1. The molecule has 1 amide bonds. The van der Waals surface area contributed by atoms with Crippen LogP contribution in [0.5, 0.6) is 5.75 Å². The largest absolute Gasteiger partial charge is 0.495 e. The molecule has 1 N–H and O–H groups in total. The summed E-state index contributed by atoms with van der Waals surface area (Å²) in [5.41, 5.74) is 0.258. The Bertz CT molecular complexity index is 813. The minimum Gasteiger partial charge on any atom is -0.495 e. The van der Waals surface area contributed by atoms with Gasteiger partial charge in [0.15, 0.2) is 0 Å². The average Bonchev–Trinajstić information content (AvgIpc) is 2.98. The van der Waals surface area contributed by atoms with Crippen molar-refractivity contribution in [3.63, 3.8) is 0 Å². The molecular formula is C18H24N2O6S. The Balaban J connectivity index is 1.86. The first-order valence-electron chi connectivity index (χ1n) is 8.96. The first-order valence-corrected chi connectivity index (χ1v) is 10.4. The van der Waals surface area contributed by atoms with E-state index in [-0.39, 0.29) is 22.9 Å². The molecule has 1 aromatic rings. The Kier molecular flexibility index (Phi) is 6.22. The lowest BCUT2D eigenvalue weighted by Crippen LogP contribution is -2.32. The summed E-state index contributed by atoms with van der Waals surface area (Å²) in [5.74, 6) is -0.142. The van der Waals surface area contributed by atoms with Gasteiger partial charge >= 0.3 is 0 Å². The van der Waals surface area contributed by atoms with Crippen molar-refractivity contribution in [3.05, 3.63) is 30.2 Å². The molecule has 0 aromatic heterocycles. The first kappa shape index (κ1) is 19.5. The van der Waals surface area contributed by atoms with Crippen molar-refractivity contribution in [2.75, 3.05) is 38.7 Å². The molecule has 1 aromatic carbocycles. The molecule has 9 heteroatoms. The van der Waals surface area contributed by atoms with Gasteiger partial charge in [-0.3, -0.25) is 4.79 Å². The van der Waals surface area contributed by atoms with E-state index in [1.54, 1.807) is 0 Å². The molecule has 148 valence electrons. The fraction of sp³-hybridized carbons (Fsp3) is 0.500. The zero-order valence-electron chi connectivity index (χ0n) is 15.3. The smallest absolute Gasteiger partial charge is 0.294 e. The molecule has 2 aliphatic heterocycles. The number of carbonyl (C=O) groups excluding carboxylic acids is 1. The van der Waals surface area contributed by atoms with Crippen molar-refractivity contribution in [2.24, 2.45) is 0 Å². The highest BCUT2D eigenvalue weighted by molar-refractivity contribution is 7.89. The molecule has 0 aliphatic carbocycles. The SMILES string of the molecule is COc1ccc(S(=O)(=O)N2CCCCCC2)cc1NC(=O)C1=COCCO1. The van der Waals surface area contributed by atoms with Gasteiger partial charge in [0.25, 0.3) is 5.91 Å². The molecule has 0 bridgehead atoms. The molecule has 0 spiro atoms. The van der Waals surface area contributed by atoms with Gasteiger partial charge in [-0.25, -0.2) is 8.42 Å². The summed E-state index contributed by atoms with van der Waals surface area (Å²) < 4.78 is 43.1. The Hall–Kier alpha value is -2.26. The van der Waals surface area contributed by atoms with Crippen LogP contribution in [0.3, 0.4) is 0 Å². The van der Waals surface area contributed by atoms with Crippen LogP contribution in [0.2, 0.25) is 0 Å². The topological polar surface area (TPSA) is 94.2 Å². The molecule has 1 fully saturated rings. The zero-order valence-corrected chi connectivity index (χ0v) is 16.1. The number of carbonyl (C=O) groups is 1. The van der Waals surface area contributed by atoms with Gasteiger partial charge in [0.05, 0.1) is 17.7 Å². The summed E-state index contributed by atoms with van der Waals surface area (Å²) in [4.78, 5) is 12.5. The van der Waals surface area contributed by atoms with Crippen LogP contribution >= 0.6 is 0 Å². The lowest BCUT2D eigenvalue weighted by molar-refractivity contribution is -0.117. The Morgan fingerprint density at radius 2 is 1.89 bits per heavy atom. The predicted molar refractivity (Wildman–Crippen MR) is 98.8 cm³/mol. The minimum absolute atomic E-state index is 0.0316. The maximum absolute atomic E-state index is 13.0. The second kappa shape index (κ2) is 8.62. The number of hydrogen-bond donors (Lipinski definition) is 1. The molecule has 0 unspecified atom stereocenters. The van der Waals surface area contributed by atoms with Gasteiger partial charge in [-0.15, -0.1) is 0 Å². The van der Waals surface area contributed by atoms with Crippen molar-refractivity contribution >= 4 is 21.6 Å². The van der Waals surface area contributed by atoms with Crippen LogP contribution in [0.4, 0.5) is 5.69 Å². The van der Waals surface area contributed by atoms with Crippen molar-refractivity contribution in [3.8, 4) is 5.75 Å². The summed E-state index contributed by atoms with van der Waals surface area (Å²) in [6.45, 7) is 1.67. The highest BCUT2D eigenvalue weighted by atomic mass is 32.2. The fourth-order valence-corrected chi connectivity index (χ4v) is 4.59. The fourth-order valence-electron chi connectivity index (χ4n) is 3.05. The number of methoxy groups -OCH3 is 1. The second-order valence-electron chi connectivity index (χ2n) is 6.34. The monoisotopic (exact) mass is 396 g/mol. The quantitative estimate of drug-likeness (QED) is 0.819. The van der Waals surface area contributed by atoms with Crippen molar-refractivity contribution in [1.29, 1.82) is 0 Å². The van der Waals surface area contributed by atoms with Gasteiger partial charge in [-0.05, 0) is 31.0 Å². The van der Waals surface area contributed by atoms with Crippen LogP contribution in [0.1, 0.15) is 25.7 Å². The lowest BCUT2D eigenvalue weighted by atomic mass is 10.2. The molecule has 1 saturated heterocycles. The molecule has 0 radical (unpaired) electrons. The van der Waals surface area contributed by atoms with E-state index in [9.17, 15) is 13.2 Å². The van der Waals surface area contributed by atoms with E-state index < -0.39 is 15.9 Å². The van der Waals surface area contributed by atoms with Gasteiger partial charge in [-0.1, -0.05) is 12.8 Å². The maximum Gasteiger partial charge on any atom is 0.294 e. The van der Waals surface area contributed by atoms with Gasteiger partial charge in [-0.2, -0.15) is 4.31 Å². The number of nitrogens with zero attached hydrogens (tertiary/aromatic N) is 1. The van der Waals surface area contributed by atoms with Gasteiger partial charge in [0, 0.05) is 13.1 Å². The average molecular weight is 396 g/mol. The summed E-state index contributed by atoms with van der Waals surface area (Å²) in [7, 11) is -2.19. The Labute approximate surface area is 159 Å². The number of amides is 1. The summed E-state index contributed by atoms with van der Waals surface area (Å²) >= 11 is 0. The number of rotatable bonds is 5. The molecule has 3 rings (SSSR count). The molecule has 2 aliphatic rings. The summed E-state index contributed by atoms with van der Waals surface area (Å²) in [6, 6.07) is 4.45. The zero-order chi connectivity index (χ0) is 19.3. The number of benzene rings is 1. The van der Waals surface area contributed by atoms with E-state index in [0.29, 0.717) is 25.4 Å². The highest BCUT2D eigenvalue weighted by Crippen LogP contribution is 2.30. The van der Waals surface area contributed by atoms with Crippen LogP contribution in [-0.4, -0.2) is 52.0 Å². The normalized spacial score (nSPS) is 18.5. The molecular weight excluding hydrogens is 372 g/mol. The summed E-state index contributed by atoms with van der Waals surface area (Å²) in [5, 5.41) is 2.64. The molecule has 0 saturated carbocycles. The second-order valence-corrected chi connectivity index (χ2v) is 8.27. The van der Waals surface area contributed by atoms with Crippen LogP contribution in [0.25, 0.3) is 0 Å². The van der Waals surface area contributed by atoms with Gasteiger partial charge in [0.1, 0.15) is 25.2 Å². The molecule has 27 heavy (non-hydrogen) atoms. The Morgan fingerprint density at radius 1 is 1.15 bits per heavy atom. The van der Waals surface area contributed by atoms with Crippen molar-refractivity contribution in [2.45, 2.75) is 30.6 Å². The van der Waals surface area contributed by atoms with Crippen LogP contribution < -0.4 is 10.1 Å². The number of nitrogens with one attached hydrogen (secondary N) is 1. The van der Waals surface area contributed by atoms with E-state index in [2.05, 4.69) is 5.32 Å². The highest BCUT2D eigenvalue weighted by Gasteiger charge is 2.26. The number of hydrogen-bond acceptors (Lipinski definition) is 6. The number of anilines is 1. The molecule has 0 atom stereocenters. The number of ether oxygens (including phenoxy) is 3. The van der Waals surface area contributed by atoms with Crippen molar-refractivity contribution in [1.82, 2.24) is 4.31 Å². The predicted octanol–water partition coefficient (Wildman–Crippen LogP) is 2.09. The molecule has 8 nitrogen and oxygen atoms in total. The van der Waals surface area contributed by atoms with E-state index >= 15 is 0 Å². The van der Waals surface area contributed by atoms with Gasteiger partial charge < -0.3 is 19.5 Å². The van der Waals surface area contributed by atoms with E-state index in [4.69, 9.17) is 14.2 Å². The Morgan fingerprint density at radius 3 is 2.52 bits per heavy atom. The third-order valence-electron chi connectivity index (χ3n) is 4.49. The van der Waals surface area contributed by atoms with E-state index in [1.165, 1.54) is 35.9 Å². The maximum atomic E-state index is 13.0. The van der Waals surface area contributed by atoms with Crippen LogP contribution in [0, 0.1) is 0 Å².